The van der Waals surface area contributed by atoms with Gasteiger partial charge in [0.1, 0.15) is 0 Å². The number of nitrogens with zero attached hydrogens (tertiary/aromatic N) is 1. The van der Waals surface area contributed by atoms with E-state index in [4.69, 9.17) is 5.73 Å². The van der Waals surface area contributed by atoms with Gasteiger partial charge < -0.3 is 10.3 Å². The van der Waals surface area contributed by atoms with Gasteiger partial charge in [0.25, 0.3) is 0 Å². The molecule has 1 fully saturated rings. The predicted molar refractivity (Wildman–Crippen MR) is 80.2 cm³/mol. The highest BCUT2D eigenvalue weighted by molar-refractivity contribution is 5.32. The number of aromatic nitrogens is 1. The Bertz CT molecular complexity index is 427. The van der Waals surface area contributed by atoms with Crippen LogP contribution in [-0.4, -0.2) is 4.57 Å². The van der Waals surface area contributed by atoms with Crippen molar-refractivity contribution in [2.24, 2.45) is 11.7 Å². The van der Waals surface area contributed by atoms with E-state index >= 15 is 0 Å². The van der Waals surface area contributed by atoms with Crippen molar-refractivity contribution in [2.45, 2.75) is 77.3 Å². The molecule has 2 heteroatoms. The highest BCUT2D eigenvalue weighted by Gasteiger charge is 2.22. The number of hydrogen-bond donors (Lipinski definition) is 1. The SMILES string of the molecule is Cc1cc2c(n1CCC1CCCCC1)CCCC2N. The van der Waals surface area contributed by atoms with Crippen molar-refractivity contribution in [3.63, 3.8) is 0 Å². The monoisotopic (exact) mass is 260 g/mol. The molecule has 0 aromatic carbocycles. The number of aryl methyl sites for hydroxylation is 1. The van der Waals surface area contributed by atoms with Gasteiger partial charge in [0.05, 0.1) is 0 Å². The van der Waals surface area contributed by atoms with Crippen molar-refractivity contribution in [3.8, 4) is 0 Å². The molecule has 1 aromatic rings. The summed E-state index contributed by atoms with van der Waals surface area (Å²) in [7, 11) is 0. The van der Waals surface area contributed by atoms with Crippen LogP contribution in [-0.2, 0) is 13.0 Å². The summed E-state index contributed by atoms with van der Waals surface area (Å²) in [6.45, 7) is 3.48. The lowest BCUT2D eigenvalue weighted by Gasteiger charge is -2.24. The summed E-state index contributed by atoms with van der Waals surface area (Å²) in [6, 6.07) is 2.64. The molecule has 2 aliphatic rings. The van der Waals surface area contributed by atoms with Gasteiger partial charge in [0.2, 0.25) is 0 Å². The number of fused-ring (bicyclic) bond motifs is 1. The molecule has 0 saturated heterocycles. The number of nitrogens with two attached hydrogens (primary N) is 1. The second kappa shape index (κ2) is 5.70. The van der Waals surface area contributed by atoms with Crippen LogP contribution in [0.25, 0.3) is 0 Å². The first-order chi connectivity index (χ1) is 9.25. The van der Waals surface area contributed by atoms with Gasteiger partial charge in [-0.2, -0.15) is 0 Å². The van der Waals surface area contributed by atoms with Crippen LogP contribution in [0.3, 0.4) is 0 Å². The third kappa shape index (κ3) is 2.74. The predicted octanol–water partition coefficient (Wildman–Crippen LogP) is 4.10. The van der Waals surface area contributed by atoms with Crippen molar-refractivity contribution < 1.29 is 0 Å². The van der Waals surface area contributed by atoms with Crippen molar-refractivity contribution in [3.05, 3.63) is 23.0 Å². The van der Waals surface area contributed by atoms with Gasteiger partial charge in [0, 0.05) is 24.0 Å². The lowest BCUT2D eigenvalue weighted by Crippen LogP contribution is -2.19. The fraction of sp³-hybridized carbons (Fsp3) is 0.765. The Hall–Kier alpha value is -0.760. The van der Waals surface area contributed by atoms with Crippen LogP contribution in [0.5, 0.6) is 0 Å². The molecule has 0 aliphatic heterocycles. The molecule has 0 bridgehead atoms. The summed E-state index contributed by atoms with van der Waals surface area (Å²) in [4.78, 5) is 0. The Balaban J connectivity index is 1.70. The number of rotatable bonds is 3. The zero-order chi connectivity index (χ0) is 13.2. The summed E-state index contributed by atoms with van der Waals surface area (Å²) in [5.74, 6) is 0.975. The standard InChI is InChI=1S/C17H28N2/c1-13-12-15-16(18)8-5-9-17(15)19(13)11-10-14-6-3-2-4-7-14/h12,14,16H,2-11,18H2,1H3. The average Bonchev–Trinajstić information content (AvgIpc) is 2.75. The van der Waals surface area contributed by atoms with E-state index in [2.05, 4.69) is 17.6 Å². The van der Waals surface area contributed by atoms with Gasteiger partial charge in [-0.3, -0.25) is 0 Å². The first-order valence-corrected chi connectivity index (χ1v) is 8.20. The smallest absolute Gasteiger partial charge is 0.0313 e. The fourth-order valence-electron chi connectivity index (χ4n) is 4.10. The van der Waals surface area contributed by atoms with Gasteiger partial charge in [0.15, 0.2) is 0 Å². The summed E-state index contributed by atoms with van der Waals surface area (Å²) in [5, 5.41) is 0. The van der Waals surface area contributed by atoms with Gasteiger partial charge in [-0.25, -0.2) is 0 Å². The van der Waals surface area contributed by atoms with Gasteiger partial charge in [-0.1, -0.05) is 32.1 Å². The van der Waals surface area contributed by atoms with E-state index in [1.54, 1.807) is 5.69 Å². The zero-order valence-corrected chi connectivity index (χ0v) is 12.3. The van der Waals surface area contributed by atoms with E-state index in [0.29, 0.717) is 6.04 Å². The van der Waals surface area contributed by atoms with Crippen LogP contribution in [0.1, 0.15) is 74.4 Å². The largest absolute Gasteiger partial charge is 0.349 e. The molecule has 3 rings (SSSR count). The normalized spacial score (nSPS) is 24.4. The van der Waals surface area contributed by atoms with E-state index in [1.165, 1.54) is 75.6 Å². The maximum Gasteiger partial charge on any atom is 0.0313 e. The van der Waals surface area contributed by atoms with Crippen LogP contribution in [0.15, 0.2) is 6.07 Å². The lowest BCUT2D eigenvalue weighted by atomic mass is 9.87. The first-order valence-electron chi connectivity index (χ1n) is 8.20. The van der Waals surface area contributed by atoms with Crippen molar-refractivity contribution in [1.82, 2.24) is 4.57 Å². The van der Waals surface area contributed by atoms with Crippen molar-refractivity contribution in [2.75, 3.05) is 0 Å². The van der Waals surface area contributed by atoms with Gasteiger partial charge >= 0.3 is 0 Å². The minimum Gasteiger partial charge on any atom is -0.349 e. The second-order valence-electron chi connectivity index (χ2n) is 6.63. The maximum atomic E-state index is 6.25. The molecule has 1 heterocycles. The third-order valence-electron chi connectivity index (χ3n) is 5.26. The van der Waals surface area contributed by atoms with E-state index < -0.39 is 0 Å². The maximum absolute atomic E-state index is 6.25. The quantitative estimate of drug-likeness (QED) is 0.871. The molecule has 1 aromatic heterocycles. The summed E-state index contributed by atoms with van der Waals surface area (Å²) < 4.78 is 2.57. The summed E-state index contributed by atoms with van der Waals surface area (Å²) in [5.41, 5.74) is 10.7. The molecular weight excluding hydrogens is 232 g/mol. The highest BCUT2D eigenvalue weighted by Crippen LogP contribution is 2.32. The first kappa shape index (κ1) is 13.2. The second-order valence-corrected chi connectivity index (χ2v) is 6.63. The molecule has 2 N–H and O–H groups in total. The molecule has 0 spiro atoms. The van der Waals surface area contributed by atoms with E-state index in [1.807, 2.05) is 0 Å². The Morgan fingerprint density at radius 1 is 1.16 bits per heavy atom. The van der Waals surface area contributed by atoms with Crippen molar-refractivity contribution in [1.29, 1.82) is 0 Å². The Morgan fingerprint density at radius 3 is 2.74 bits per heavy atom. The molecule has 1 saturated carbocycles. The van der Waals surface area contributed by atoms with Crippen LogP contribution in [0, 0.1) is 12.8 Å². The third-order valence-corrected chi connectivity index (χ3v) is 5.26. The minimum atomic E-state index is 0.290. The van der Waals surface area contributed by atoms with E-state index in [0.717, 1.165) is 5.92 Å². The molecular formula is C17H28N2. The zero-order valence-electron chi connectivity index (χ0n) is 12.3. The van der Waals surface area contributed by atoms with Crippen LogP contribution >= 0.6 is 0 Å². The van der Waals surface area contributed by atoms with Crippen molar-refractivity contribution >= 4 is 0 Å². The molecule has 1 atom stereocenters. The molecule has 0 radical (unpaired) electrons. The van der Waals surface area contributed by atoms with E-state index in [9.17, 15) is 0 Å². The summed E-state index contributed by atoms with van der Waals surface area (Å²) in [6.07, 6.45) is 12.3. The molecule has 2 aliphatic carbocycles. The van der Waals surface area contributed by atoms with Crippen LogP contribution in [0.4, 0.5) is 0 Å². The van der Waals surface area contributed by atoms with Crippen LogP contribution in [0.2, 0.25) is 0 Å². The van der Waals surface area contributed by atoms with E-state index in [-0.39, 0.29) is 0 Å². The molecule has 1 unspecified atom stereocenters. The molecule has 2 nitrogen and oxygen atoms in total. The topological polar surface area (TPSA) is 30.9 Å². The van der Waals surface area contributed by atoms with Gasteiger partial charge in [-0.15, -0.1) is 0 Å². The molecule has 0 amide bonds. The van der Waals surface area contributed by atoms with Crippen LogP contribution < -0.4 is 5.73 Å². The Labute approximate surface area is 117 Å². The molecule has 19 heavy (non-hydrogen) atoms. The Morgan fingerprint density at radius 2 is 1.95 bits per heavy atom. The minimum absolute atomic E-state index is 0.290. The average molecular weight is 260 g/mol. The fourth-order valence-corrected chi connectivity index (χ4v) is 4.10. The lowest BCUT2D eigenvalue weighted by molar-refractivity contribution is 0.321. The Kier molecular flexibility index (Phi) is 3.97. The molecule has 106 valence electrons. The number of hydrogen-bond acceptors (Lipinski definition) is 1. The summed E-state index contributed by atoms with van der Waals surface area (Å²) >= 11 is 0. The van der Waals surface area contributed by atoms with Gasteiger partial charge in [-0.05, 0) is 50.2 Å². The highest BCUT2D eigenvalue weighted by atomic mass is 15.0.